The smallest absolute Gasteiger partial charge is 0.295 e. The summed E-state index contributed by atoms with van der Waals surface area (Å²) in [6.07, 6.45) is 0.489. The molecule has 0 aliphatic carbocycles. The van der Waals surface area contributed by atoms with Gasteiger partial charge in [0.05, 0.1) is 36.9 Å². The molecule has 0 radical (unpaired) electrons. The normalized spacial score (nSPS) is 17.2. The van der Waals surface area contributed by atoms with Gasteiger partial charge in [0.25, 0.3) is 17.4 Å². The number of ketones is 1. The van der Waals surface area contributed by atoms with E-state index in [4.69, 9.17) is 14.2 Å². The van der Waals surface area contributed by atoms with E-state index in [0.717, 1.165) is 0 Å². The van der Waals surface area contributed by atoms with Gasteiger partial charge in [-0.1, -0.05) is 0 Å². The number of Topliss-reactive ketones (excluding diaryl/α,β-unsaturated/α-hetero) is 1. The highest BCUT2D eigenvalue weighted by molar-refractivity contribution is 6.46. The molecule has 1 aliphatic rings. The maximum absolute atomic E-state index is 13.1. The van der Waals surface area contributed by atoms with E-state index in [9.17, 15) is 24.8 Å². The quantitative estimate of drug-likeness (QED) is 0.134. The Morgan fingerprint density at radius 1 is 1.11 bits per heavy atom. The summed E-state index contributed by atoms with van der Waals surface area (Å²) < 4.78 is 16.4. The number of non-ortho nitro benzene ring substituents is 1. The molecule has 1 aliphatic heterocycles. The minimum absolute atomic E-state index is 0.0185. The molecule has 1 amide bonds. The van der Waals surface area contributed by atoms with E-state index in [1.54, 1.807) is 18.2 Å². The van der Waals surface area contributed by atoms with Crippen LogP contribution in [0.2, 0.25) is 0 Å². The van der Waals surface area contributed by atoms with Crippen molar-refractivity contribution < 1.29 is 33.8 Å². The number of aliphatic hydroxyl groups excluding tert-OH is 1. The van der Waals surface area contributed by atoms with Crippen LogP contribution in [-0.2, 0) is 14.3 Å². The third kappa shape index (κ3) is 5.43. The number of benzene rings is 2. The van der Waals surface area contributed by atoms with Crippen LogP contribution in [0.4, 0.5) is 5.69 Å². The minimum atomic E-state index is -0.940. The van der Waals surface area contributed by atoms with Gasteiger partial charge >= 0.3 is 0 Å². The van der Waals surface area contributed by atoms with E-state index in [0.29, 0.717) is 30.1 Å². The molecule has 2 aromatic rings. The first-order valence-electron chi connectivity index (χ1n) is 11.1. The number of ether oxygens (including phenoxy) is 3. The van der Waals surface area contributed by atoms with Crippen LogP contribution in [0, 0.1) is 10.1 Å². The zero-order chi connectivity index (χ0) is 25.7. The highest BCUT2D eigenvalue weighted by Crippen LogP contribution is 2.43. The third-order valence-corrected chi connectivity index (χ3v) is 5.62. The summed E-state index contributed by atoms with van der Waals surface area (Å²) in [7, 11) is 2.96. The van der Waals surface area contributed by atoms with Crippen molar-refractivity contribution in [1.29, 1.82) is 0 Å². The lowest BCUT2D eigenvalue weighted by Gasteiger charge is -2.27. The fourth-order valence-corrected chi connectivity index (χ4v) is 3.93. The Balaban J connectivity index is 2.11. The van der Waals surface area contributed by atoms with Crippen LogP contribution in [0.5, 0.6) is 11.5 Å². The van der Waals surface area contributed by atoms with E-state index in [1.807, 2.05) is 13.8 Å². The van der Waals surface area contributed by atoms with Crippen molar-refractivity contribution in [2.45, 2.75) is 32.4 Å². The van der Waals surface area contributed by atoms with E-state index in [-0.39, 0.29) is 29.5 Å². The second kappa shape index (κ2) is 11.0. The van der Waals surface area contributed by atoms with Gasteiger partial charge in [0, 0.05) is 42.5 Å². The molecular weight excluding hydrogens is 456 g/mol. The van der Waals surface area contributed by atoms with Gasteiger partial charge in [0.1, 0.15) is 17.3 Å². The zero-order valence-corrected chi connectivity index (χ0v) is 20.0. The molecule has 10 heteroatoms. The first-order chi connectivity index (χ1) is 16.7. The number of nitrogens with zero attached hydrogens (tertiary/aromatic N) is 2. The zero-order valence-electron chi connectivity index (χ0n) is 20.0. The van der Waals surface area contributed by atoms with Crippen molar-refractivity contribution in [3.8, 4) is 11.5 Å². The largest absolute Gasteiger partial charge is 0.507 e. The van der Waals surface area contributed by atoms with Gasteiger partial charge in [0.2, 0.25) is 0 Å². The molecule has 0 spiro atoms. The molecule has 0 aromatic heterocycles. The first-order valence-corrected chi connectivity index (χ1v) is 11.1. The fourth-order valence-electron chi connectivity index (χ4n) is 3.93. The lowest BCUT2D eigenvalue weighted by Crippen LogP contribution is -2.31. The van der Waals surface area contributed by atoms with Crippen molar-refractivity contribution in [2.24, 2.45) is 0 Å². The molecular formula is C25H28N2O8. The molecule has 1 fully saturated rings. The van der Waals surface area contributed by atoms with Gasteiger partial charge in [-0.15, -0.1) is 0 Å². The van der Waals surface area contributed by atoms with Crippen LogP contribution in [0.3, 0.4) is 0 Å². The van der Waals surface area contributed by atoms with E-state index < -0.39 is 28.4 Å². The van der Waals surface area contributed by atoms with Gasteiger partial charge in [-0.25, -0.2) is 0 Å². The predicted molar refractivity (Wildman–Crippen MR) is 127 cm³/mol. The minimum Gasteiger partial charge on any atom is -0.507 e. The summed E-state index contributed by atoms with van der Waals surface area (Å²) in [5.41, 5.74) is 0.368. The number of nitro benzene ring substituents is 1. The highest BCUT2D eigenvalue weighted by atomic mass is 16.6. The van der Waals surface area contributed by atoms with E-state index in [1.165, 1.54) is 43.4 Å². The number of hydrogen-bond acceptors (Lipinski definition) is 8. The number of amides is 1. The van der Waals surface area contributed by atoms with Crippen LogP contribution in [0.1, 0.15) is 37.4 Å². The molecule has 0 unspecified atom stereocenters. The summed E-state index contributed by atoms with van der Waals surface area (Å²) in [4.78, 5) is 38.0. The lowest BCUT2D eigenvalue weighted by molar-refractivity contribution is -0.384. The van der Waals surface area contributed by atoms with Crippen LogP contribution >= 0.6 is 0 Å². The molecule has 186 valence electrons. The fraction of sp³-hybridized carbons (Fsp3) is 0.360. The third-order valence-electron chi connectivity index (χ3n) is 5.62. The van der Waals surface area contributed by atoms with Crippen molar-refractivity contribution in [3.05, 3.63) is 69.3 Å². The molecule has 35 heavy (non-hydrogen) atoms. The van der Waals surface area contributed by atoms with Gasteiger partial charge in [-0.3, -0.25) is 19.7 Å². The summed E-state index contributed by atoms with van der Waals surface area (Å²) >= 11 is 0. The highest BCUT2D eigenvalue weighted by Gasteiger charge is 2.46. The molecule has 1 saturated heterocycles. The van der Waals surface area contributed by atoms with Gasteiger partial charge < -0.3 is 24.2 Å². The SMILES string of the molecule is COc1ccc([C@H]2C(=C(O)c3ccc([N+](=O)[O-])cc3)C(=O)C(=O)N2CCCOC(C)C)c(OC)c1. The topological polar surface area (TPSA) is 128 Å². The number of aliphatic hydroxyl groups is 1. The molecule has 2 aromatic carbocycles. The monoisotopic (exact) mass is 484 g/mol. The van der Waals surface area contributed by atoms with Crippen molar-refractivity contribution in [2.75, 3.05) is 27.4 Å². The van der Waals surface area contributed by atoms with Crippen LogP contribution in [0.15, 0.2) is 48.0 Å². The average molecular weight is 485 g/mol. The average Bonchev–Trinajstić information content (AvgIpc) is 3.10. The van der Waals surface area contributed by atoms with E-state index in [2.05, 4.69) is 0 Å². The van der Waals surface area contributed by atoms with Gasteiger partial charge in [-0.2, -0.15) is 0 Å². The lowest BCUT2D eigenvalue weighted by atomic mass is 9.94. The number of carbonyl (C=O) groups excluding carboxylic acids is 2. The molecule has 1 atom stereocenters. The summed E-state index contributed by atoms with van der Waals surface area (Å²) in [5, 5.41) is 22.1. The second-order valence-electron chi connectivity index (χ2n) is 8.18. The number of likely N-dealkylation sites (tertiary alicyclic amines) is 1. The molecule has 1 heterocycles. The Hall–Kier alpha value is -3.92. The van der Waals surface area contributed by atoms with Crippen LogP contribution < -0.4 is 9.47 Å². The maximum Gasteiger partial charge on any atom is 0.295 e. The summed E-state index contributed by atoms with van der Waals surface area (Å²) in [6, 6.07) is 9.14. The summed E-state index contributed by atoms with van der Waals surface area (Å²) in [5.74, 6) is -1.16. The van der Waals surface area contributed by atoms with Crippen molar-refractivity contribution in [1.82, 2.24) is 4.90 Å². The number of hydrogen-bond donors (Lipinski definition) is 1. The van der Waals surface area contributed by atoms with Gasteiger partial charge in [0.15, 0.2) is 0 Å². The first kappa shape index (κ1) is 25.7. The standard InChI is InChI=1S/C25H28N2O8/c1-15(2)35-13-5-12-26-22(19-11-10-18(33-3)14-20(19)34-4)21(24(29)25(26)30)23(28)16-6-8-17(9-7-16)27(31)32/h6-11,14-15,22,28H,5,12-13H2,1-4H3/t22-/m0/s1. The Morgan fingerprint density at radius 2 is 1.80 bits per heavy atom. The van der Waals surface area contributed by atoms with Crippen molar-refractivity contribution in [3.63, 3.8) is 0 Å². The van der Waals surface area contributed by atoms with Crippen LogP contribution in [-0.4, -0.2) is 60.1 Å². The Kier molecular flexibility index (Phi) is 8.08. The molecule has 0 saturated carbocycles. The number of carbonyl (C=O) groups is 2. The van der Waals surface area contributed by atoms with Gasteiger partial charge in [-0.05, 0) is 44.5 Å². The Labute approximate surface area is 202 Å². The molecule has 3 rings (SSSR count). The second-order valence-corrected chi connectivity index (χ2v) is 8.18. The molecule has 0 bridgehead atoms. The van der Waals surface area contributed by atoms with E-state index >= 15 is 0 Å². The molecule has 10 nitrogen and oxygen atoms in total. The number of nitro groups is 1. The molecule has 1 N–H and O–H groups in total. The summed E-state index contributed by atoms with van der Waals surface area (Å²) in [6.45, 7) is 4.39. The maximum atomic E-state index is 13.1. The Morgan fingerprint density at radius 3 is 2.37 bits per heavy atom. The predicted octanol–water partition coefficient (Wildman–Crippen LogP) is 3.85. The van der Waals surface area contributed by atoms with Crippen molar-refractivity contribution >= 4 is 23.1 Å². The number of methoxy groups -OCH3 is 2. The van der Waals surface area contributed by atoms with Crippen LogP contribution in [0.25, 0.3) is 5.76 Å². The Bertz CT molecular complexity index is 1140. The number of rotatable bonds is 10.